The topological polar surface area (TPSA) is 81.5 Å². The van der Waals surface area contributed by atoms with E-state index in [9.17, 15) is 26.4 Å². The van der Waals surface area contributed by atoms with Crippen LogP contribution in [0.15, 0.2) is 53.7 Å². The van der Waals surface area contributed by atoms with Crippen LogP contribution in [-0.4, -0.2) is 53.9 Å². The summed E-state index contributed by atoms with van der Waals surface area (Å²) in [6.07, 6.45) is 0.794. The molecule has 1 aliphatic heterocycles. The Hall–Kier alpha value is -3.34. The zero-order chi connectivity index (χ0) is 28.0. The number of carbonyl (C=O) groups excluding carboxylic acids is 1. The standard InChI is InChI=1S/C27H30F3N3O4S/c1-17-15-33(25(34)37-26(2,3)4)11-9-21(17)19-13-22(27(28,29)30)23(31-14-19)16-32-10-8-18-12-20(38(5,35)36)6-7-24(18)32/h6-10,12-14,17H,11,15-16H2,1-5H3. The number of pyridine rings is 1. The molecule has 0 aliphatic carbocycles. The van der Waals surface area contributed by atoms with Crippen molar-refractivity contribution in [3.05, 3.63) is 65.6 Å². The molecule has 1 atom stereocenters. The highest BCUT2D eigenvalue weighted by atomic mass is 32.2. The molecule has 11 heteroatoms. The number of nitrogens with zero attached hydrogens (tertiary/aromatic N) is 3. The molecule has 0 N–H and O–H groups in total. The Kier molecular flexibility index (Phi) is 7.11. The molecule has 204 valence electrons. The quantitative estimate of drug-likeness (QED) is 0.412. The van der Waals surface area contributed by atoms with E-state index in [0.29, 0.717) is 28.6 Å². The molecule has 0 fully saturated rings. The van der Waals surface area contributed by atoms with Gasteiger partial charge in [0.05, 0.1) is 22.7 Å². The molecule has 0 bridgehead atoms. The van der Waals surface area contributed by atoms with Gasteiger partial charge in [-0.1, -0.05) is 13.0 Å². The van der Waals surface area contributed by atoms with E-state index in [-0.39, 0.29) is 29.6 Å². The van der Waals surface area contributed by atoms with Gasteiger partial charge in [-0.05, 0) is 68.2 Å². The molecule has 1 unspecified atom stereocenters. The second-order valence-electron chi connectivity index (χ2n) is 10.6. The largest absolute Gasteiger partial charge is 0.444 e. The summed E-state index contributed by atoms with van der Waals surface area (Å²) in [5.74, 6) is -0.220. The number of fused-ring (bicyclic) bond motifs is 1. The Morgan fingerprint density at radius 3 is 2.47 bits per heavy atom. The van der Waals surface area contributed by atoms with E-state index < -0.39 is 33.3 Å². The molecular formula is C27H30F3N3O4S. The predicted molar refractivity (Wildman–Crippen MR) is 138 cm³/mol. The van der Waals surface area contributed by atoms with Gasteiger partial charge in [0.1, 0.15) is 5.60 Å². The number of hydrogen-bond acceptors (Lipinski definition) is 5. The van der Waals surface area contributed by atoms with Gasteiger partial charge >= 0.3 is 12.3 Å². The summed E-state index contributed by atoms with van der Waals surface area (Å²) < 4.78 is 73.1. The zero-order valence-electron chi connectivity index (χ0n) is 21.8. The number of aromatic nitrogens is 2. The first-order valence-electron chi connectivity index (χ1n) is 12.1. The average molecular weight is 550 g/mol. The Balaban J connectivity index is 1.63. The molecule has 0 radical (unpaired) electrons. The molecule has 1 amide bonds. The molecule has 38 heavy (non-hydrogen) atoms. The molecule has 1 aromatic carbocycles. The molecule has 0 saturated heterocycles. The van der Waals surface area contributed by atoms with Gasteiger partial charge < -0.3 is 14.2 Å². The van der Waals surface area contributed by atoms with Gasteiger partial charge in [0.25, 0.3) is 0 Å². The summed E-state index contributed by atoms with van der Waals surface area (Å²) in [6, 6.07) is 7.29. The predicted octanol–water partition coefficient (Wildman–Crippen LogP) is 5.78. The lowest BCUT2D eigenvalue weighted by Gasteiger charge is -2.33. The van der Waals surface area contributed by atoms with Gasteiger partial charge in [0.2, 0.25) is 0 Å². The fraction of sp³-hybridized carbons (Fsp3) is 0.407. The molecule has 0 spiro atoms. The summed E-state index contributed by atoms with van der Waals surface area (Å²) in [6.45, 7) is 7.56. The molecular weight excluding hydrogens is 519 g/mol. The van der Waals surface area contributed by atoms with Gasteiger partial charge in [0, 0.05) is 42.6 Å². The highest BCUT2D eigenvalue weighted by molar-refractivity contribution is 7.90. The third kappa shape index (κ3) is 6.03. The lowest BCUT2D eigenvalue weighted by atomic mass is 9.90. The van der Waals surface area contributed by atoms with Crippen molar-refractivity contribution < 1.29 is 31.1 Å². The van der Waals surface area contributed by atoms with Crippen molar-refractivity contribution >= 4 is 32.4 Å². The summed E-state index contributed by atoms with van der Waals surface area (Å²) in [7, 11) is -3.41. The van der Waals surface area contributed by atoms with E-state index in [1.54, 1.807) is 49.7 Å². The van der Waals surface area contributed by atoms with Crippen LogP contribution in [0.5, 0.6) is 0 Å². The minimum absolute atomic E-state index is 0.140. The normalized spacial score (nSPS) is 17.0. The number of ether oxygens (including phenoxy) is 1. The fourth-order valence-corrected chi connectivity index (χ4v) is 5.18. The van der Waals surface area contributed by atoms with Crippen LogP contribution in [-0.2, 0) is 27.3 Å². The average Bonchev–Trinajstić information content (AvgIpc) is 3.19. The van der Waals surface area contributed by atoms with E-state index >= 15 is 0 Å². The summed E-state index contributed by atoms with van der Waals surface area (Å²) in [4.78, 5) is 18.3. The maximum atomic E-state index is 14.1. The molecule has 4 rings (SSSR count). The van der Waals surface area contributed by atoms with Gasteiger partial charge in [0.15, 0.2) is 9.84 Å². The third-order valence-electron chi connectivity index (χ3n) is 6.31. The van der Waals surface area contributed by atoms with Crippen LogP contribution < -0.4 is 0 Å². The molecule has 1 aliphatic rings. The summed E-state index contributed by atoms with van der Waals surface area (Å²) >= 11 is 0. The van der Waals surface area contributed by atoms with E-state index in [0.717, 1.165) is 12.3 Å². The molecule has 7 nitrogen and oxygen atoms in total. The highest BCUT2D eigenvalue weighted by Crippen LogP contribution is 2.36. The SMILES string of the molecule is CC1CN(C(=O)OC(C)(C)C)CC=C1c1cnc(Cn2ccc3cc(S(C)(=O)=O)ccc32)c(C(F)(F)F)c1. The lowest BCUT2D eigenvalue weighted by Crippen LogP contribution is -2.41. The minimum atomic E-state index is -4.63. The van der Waals surface area contributed by atoms with Crippen LogP contribution >= 0.6 is 0 Å². The third-order valence-corrected chi connectivity index (χ3v) is 7.42. The Morgan fingerprint density at radius 1 is 1.16 bits per heavy atom. The number of halogens is 3. The van der Waals surface area contributed by atoms with Gasteiger partial charge in [-0.2, -0.15) is 13.2 Å². The van der Waals surface area contributed by atoms with Crippen molar-refractivity contribution in [1.82, 2.24) is 14.5 Å². The van der Waals surface area contributed by atoms with Crippen molar-refractivity contribution in [3.8, 4) is 0 Å². The van der Waals surface area contributed by atoms with Crippen LogP contribution in [0.25, 0.3) is 16.5 Å². The maximum absolute atomic E-state index is 14.1. The van der Waals surface area contributed by atoms with Crippen molar-refractivity contribution in [2.45, 2.75) is 50.9 Å². The number of rotatable bonds is 4. The second-order valence-corrected chi connectivity index (χ2v) is 12.6. The second kappa shape index (κ2) is 9.76. The van der Waals surface area contributed by atoms with Crippen LogP contribution in [0.4, 0.5) is 18.0 Å². The lowest BCUT2D eigenvalue weighted by molar-refractivity contribution is -0.138. The van der Waals surface area contributed by atoms with E-state index in [4.69, 9.17) is 4.74 Å². The maximum Gasteiger partial charge on any atom is 0.418 e. The van der Waals surface area contributed by atoms with Gasteiger partial charge in [-0.15, -0.1) is 0 Å². The van der Waals surface area contributed by atoms with Crippen molar-refractivity contribution in [2.75, 3.05) is 19.3 Å². The zero-order valence-corrected chi connectivity index (χ0v) is 22.7. The summed E-state index contributed by atoms with van der Waals surface area (Å²) in [5.41, 5.74) is 0.00810. The molecule has 3 aromatic rings. The van der Waals surface area contributed by atoms with Crippen LogP contribution in [0, 0.1) is 5.92 Å². The Morgan fingerprint density at radius 2 is 1.87 bits per heavy atom. The van der Waals surface area contributed by atoms with Crippen molar-refractivity contribution in [2.24, 2.45) is 5.92 Å². The monoisotopic (exact) mass is 549 g/mol. The van der Waals surface area contributed by atoms with Crippen molar-refractivity contribution in [3.63, 3.8) is 0 Å². The van der Waals surface area contributed by atoms with Crippen LogP contribution in [0.1, 0.15) is 44.5 Å². The highest BCUT2D eigenvalue weighted by Gasteiger charge is 2.36. The number of sulfone groups is 1. The molecule has 2 aromatic heterocycles. The fourth-order valence-electron chi connectivity index (χ4n) is 4.52. The van der Waals surface area contributed by atoms with Crippen LogP contribution in [0.2, 0.25) is 0 Å². The number of hydrogen-bond donors (Lipinski definition) is 0. The molecule has 0 saturated carbocycles. The van der Waals surface area contributed by atoms with E-state index in [1.165, 1.54) is 23.2 Å². The first-order valence-corrected chi connectivity index (χ1v) is 14.0. The smallest absolute Gasteiger partial charge is 0.418 e. The number of alkyl halides is 3. The summed E-state index contributed by atoms with van der Waals surface area (Å²) in [5, 5.41) is 0.605. The number of benzene rings is 1. The van der Waals surface area contributed by atoms with E-state index in [2.05, 4.69) is 4.98 Å². The minimum Gasteiger partial charge on any atom is -0.444 e. The van der Waals surface area contributed by atoms with E-state index in [1.807, 2.05) is 6.92 Å². The van der Waals surface area contributed by atoms with Gasteiger partial charge in [-0.3, -0.25) is 4.98 Å². The number of amides is 1. The van der Waals surface area contributed by atoms with Crippen molar-refractivity contribution in [1.29, 1.82) is 0 Å². The van der Waals surface area contributed by atoms with Crippen LogP contribution in [0.3, 0.4) is 0 Å². The van der Waals surface area contributed by atoms with Gasteiger partial charge in [-0.25, -0.2) is 13.2 Å². The first-order chi connectivity index (χ1) is 17.5. The molecule has 3 heterocycles. The number of carbonyl (C=O) groups is 1. The Bertz CT molecular complexity index is 1520. The Labute approximate surface area is 219 Å². The first kappa shape index (κ1) is 27.7.